The van der Waals surface area contributed by atoms with Gasteiger partial charge in [-0.05, 0) is 54.9 Å². The van der Waals surface area contributed by atoms with Gasteiger partial charge in [0.1, 0.15) is 5.54 Å². The van der Waals surface area contributed by atoms with E-state index in [1.165, 1.54) is 18.7 Å². The summed E-state index contributed by atoms with van der Waals surface area (Å²) in [6, 6.07) is 4.79. The molecule has 104 valence electrons. The van der Waals surface area contributed by atoms with Gasteiger partial charge in [0.05, 0.1) is 0 Å². The summed E-state index contributed by atoms with van der Waals surface area (Å²) in [5, 5.41) is 9.21. The monoisotopic (exact) mass is 328 g/mol. The highest BCUT2D eigenvalue weighted by molar-refractivity contribution is 9.10. The van der Waals surface area contributed by atoms with Gasteiger partial charge in [0, 0.05) is 22.3 Å². The second-order valence-electron chi connectivity index (χ2n) is 4.65. The quantitative estimate of drug-likeness (QED) is 0.831. The highest BCUT2D eigenvalue weighted by Gasteiger charge is 2.37. The lowest BCUT2D eigenvalue weighted by Gasteiger charge is -2.34. The minimum absolute atomic E-state index is 0.306. The zero-order chi connectivity index (χ0) is 14.8. The molecule has 0 spiro atoms. The second-order valence-corrected chi connectivity index (χ2v) is 5.50. The number of anilines is 1. The molecule has 0 unspecified atom stereocenters. The summed E-state index contributed by atoms with van der Waals surface area (Å²) in [7, 11) is 0. The Morgan fingerprint density at radius 1 is 1.42 bits per heavy atom. The van der Waals surface area contributed by atoms with Gasteiger partial charge >= 0.3 is 5.97 Å². The molecule has 1 aromatic carbocycles. The summed E-state index contributed by atoms with van der Waals surface area (Å²) in [6.07, 6.45) is 0. The Hall–Kier alpha value is -1.56. The number of nitrogens with zero attached hydrogens (tertiary/aromatic N) is 1. The number of hydrogen-bond acceptors (Lipinski definition) is 3. The van der Waals surface area contributed by atoms with Gasteiger partial charge in [0.15, 0.2) is 0 Å². The summed E-state index contributed by atoms with van der Waals surface area (Å²) in [5.41, 5.74) is 5.33. The third kappa shape index (κ3) is 3.07. The Morgan fingerprint density at radius 3 is 2.42 bits per heavy atom. The third-order valence-corrected chi connectivity index (χ3v) is 3.69. The molecule has 0 heterocycles. The van der Waals surface area contributed by atoms with E-state index in [9.17, 15) is 14.7 Å². The number of carboxylic acids is 1. The van der Waals surface area contributed by atoms with Gasteiger partial charge in [0.25, 0.3) is 5.91 Å². The van der Waals surface area contributed by atoms with Crippen LogP contribution >= 0.6 is 15.9 Å². The first-order valence-corrected chi connectivity index (χ1v) is 6.61. The van der Waals surface area contributed by atoms with Crippen molar-refractivity contribution >= 4 is 33.5 Å². The molecule has 0 radical (unpaired) electrons. The van der Waals surface area contributed by atoms with Gasteiger partial charge in [-0.15, -0.1) is 0 Å². The van der Waals surface area contributed by atoms with Crippen LogP contribution in [0.4, 0.5) is 5.69 Å². The maximum atomic E-state index is 12.4. The molecular formula is C13H17BrN2O3. The van der Waals surface area contributed by atoms with E-state index in [2.05, 4.69) is 15.9 Å². The fraction of sp³-hybridized carbons (Fsp3) is 0.385. The topological polar surface area (TPSA) is 83.6 Å². The largest absolute Gasteiger partial charge is 0.480 e. The molecule has 0 aromatic heterocycles. The number of aliphatic carboxylic acids is 1. The summed E-state index contributed by atoms with van der Waals surface area (Å²) < 4.78 is 0.613. The SMILES string of the molecule is CCN(C(=O)c1ccc(N)c(Br)c1)C(C)(C)C(=O)O. The molecule has 0 atom stereocenters. The molecule has 0 aliphatic rings. The third-order valence-electron chi connectivity index (χ3n) is 3.01. The average molecular weight is 329 g/mol. The van der Waals surface area contributed by atoms with Gasteiger partial charge in [-0.3, -0.25) is 4.79 Å². The van der Waals surface area contributed by atoms with Crippen molar-refractivity contribution < 1.29 is 14.7 Å². The lowest BCUT2D eigenvalue weighted by molar-refractivity contribution is -0.147. The Balaban J connectivity index is 3.15. The highest BCUT2D eigenvalue weighted by Crippen LogP contribution is 2.23. The summed E-state index contributed by atoms with van der Waals surface area (Å²) >= 11 is 3.25. The van der Waals surface area contributed by atoms with Crippen molar-refractivity contribution in [2.24, 2.45) is 0 Å². The van der Waals surface area contributed by atoms with E-state index in [1.807, 2.05) is 0 Å². The predicted molar refractivity (Wildman–Crippen MR) is 77.0 cm³/mol. The normalized spacial score (nSPS) is 11.2. The van der Waals surface area contributed by atoms with Crippen LogP contribution in [0.25, 0.3) is 0 Å². The lowest BCUT2D eigenvalue weighted by Crippen LogP contribution is -2.52. The Labute approximate surface area is 120 Å². The van der Waals surface area contributed by atoms with Crippen molar-refractivity contribution in [1.82, 2.24) is 4.90 Å². The number of likely N-dealkylation sites (N-methyl/N-ethyl adjacent to an activating group) is 1. The van der Waals surface area contributed by atoms with Crippen LogP contribution in [0, 0.1) is 0 Å². The molecule has 1 rings (SSSR count). The number of halogens is 1. The number of amides is 1. The average Bonchev–Trinajstić information content (AvgIpc) is 2.32. The van der Waals surface area contributed by atoms with Gasteiger partial charge in [-0.25, -0.2) is 4.79 Å². The first-order chi connectivity index (χ1) is 8.71. The van der Waals surface area contributed by atoms with Crippen LogP contribution in [0.3, 0.4) is 0 Å². The molecule has 19 heavy (non-hydrogen) atoms. The van der Waals surface area contributed by atoms with Crippen LogP contribution in [0.15, 0.2) is 22.7 Å². The van der Waals surface area contributed by atoms with E-state index in [-0.39, 0.29) is 5.91 Å². The Bertz CT molecular complexity index is 515. The molecule has 6 heteroatoms. The minimum Gasteiger partial charge on any atom is -0.480 e. The highest BCUT2D eigenvalue weighted by atomic mass is 79.9. The second kappa shape index (κ2) is 5.61. The van der Waals surface area contributed by atoms with Gasteiger partial charge < -0.3 is 15.7 Å². The fourth-order valence-electron chi connectivity index (χ4n) is 1.72. The molecule has 0 fully saturated rings. The van der Waals surface area contributed by atoms with E-state index < -0.39 is 11.5 Å². The summed E-state index contributed by atoms with van der Waals surface area (Å²) in [6.45, 7) is 5.06. The van der Waals surface area contributed by atoms with Crippen LogP contribution in [-0.2, 0) is 4.79 Å². The van der Waals surface area contributed by atoms with E-state index >= 15 is 0 Å². The van der Waals surface area contributed by atoms with Crippen molar-refractivity contribution in [3.8, 4) is 0 Å². The fourth-order valence-corrected chi connectivity index (χ4v) is 2.10. The van der Waals surface area contributed by atoms with Crippen molar-refractivity contribution in [1.29, 1.82) is 0 Å². The Morgan fingerprint density at radius 2 is 2.00 bits per heavy atom. The first-order valence-electron chi connectivity index (χ1n) is 5.82. The minimum atomic E-state index is -1.26. The van der Waals surface area contributed by atoms with E-state index in [0.29, 0.717) is 22.3 Å². The number of carbonyl (C=O) groups excluding carboxylic acids is 1. The molecule has 1 aromatic rings. The maximum absolute atomic E-state index is 12.4. The molecule has 0 bridgehead atoms. The van der Waals surface area contributed by atoms with Crippen molar-refractivity contribution in [3.63, 3.8) is 0 Å². The predicted octanol–water partition coefficient (Wildman–Crippen LogP) is 2.36. The molecular weight excluding hydrogens is 312 g/mol. The first kappa shape index (κ1) is 15.5. The number of nitrogen functional groups attached to an aromatic ring is 1. The number of carbonyl (C=O) groups is 2. The Kier molecular flexibility index (Phi) is 4.57. The molecule has 0 aliphatic heterocycles. The van der Waals surface area contributed by atoms with Crippen LogP contribution in [0.5, 0.6) is 0 Å². The van der Waals surface area contributed by atoms with Gasteiger partial charge in [-0.2, -0.15) is 0 Å². The number of rotatable bonds is 4. The summed E-state index contributed by atoms with van der Waals surface area (Å²) in [4.78, 5) is 25.0. The van der Waals surface area contributed by atoms with Gasteiger partial charge in [0.2, 0.25) is 0 Å². The van der Waals surface area contributed by atoms with Crippen LogP contribution < -0.4 is 5.73 Å². The van der Waals surface area contributed by atoms with E-state index in [0.717, 1.165) is 0 Å². The van der Waals surface area contributed by atoms with E-state index in [4.69, 9.17) is 5.73 Å². The molecule has 5 nitrogen and oxygen atoms in total. The zero-order valence-corrected chi connectivity index (χ0v) is 12.7. The van der Waals surface area contributed by atoms with Crippen LogP contribution in [-0.4, -0.2) is 34.0 Å². The molecule has 1 amide bonds. The van der Waals surface area contributed by atoms with Crippen LogP contribution in [0.2, 0.25) is 0 Å². The smallest absolute Gasteiger partial charge is 0.329 e. The number of carboxylic acid groups (broad SMARTS) is 1. The number of hydrogen-bond donors (Lipinski definition) is 2. The van der Waals surface area contributed by atoms with E-state index in [1.54, 1.807) is 25.1 Å². The maximum Gasteiger partial charge on any atom is 0.329 e. The number of nitrogens with two attached hydrogens (primary N) is 1. The van der Waals surface area contributed by atoms with Crippen molar-refractivity contribution in [3.05, 3.63) is 28.2 Å². The van der Waals surface area contributed by atoms with Crippen LogP contribution in [0.1, 0.15) is 31.1 Å². The molecule has 0 aliphatic carbocycles. The molecule has 3 N–H and O–H groups in total. The summed E-state index contributed by atoms with van der Waals surface area (Å²) in [5.74, 6) is -1.38. The van der Waals surface area contributed by atoms with Gasteiger partial charge in [-0.1, -0.05) is 0 Å². The molecule has 0 saturated carbocycles. The number of benzene rings is 1. The standard InChI is InChI=1S/C13H17BrN2O3/c1-4-16(13(2,3)12(18)19)11(17)8-5-6-10(15)9(14)7-8/h5-7H,4,15H2,1-3H3,(H,18,19). The molecule has 0 saturated heterocycles. The zero-order valence-electron chi connectivity index (χ0n) is 11.1. The van der Waals surface area contributed by atoms with Crippen molar-refractivity contribution in [2.75, 3.05) is 12.3 Å². The van der Waals surface area contributed by atoms with Crippen molar-refractivity contribution in [2.45, 2.75) is 26.3 Å². The lowest BCUT2D eigenvalue weighted by atomic mass is 10.0.